The van der Waals surface area contributed by atoms with Gasteiger partial charge < -0.3 is 20.4 Å². The van der Waals surface area contributed by atoms with Crippen LogP contribution in [0.15, 0.2) is 37.4 Å². The summed E-state index contributed by atoms with van der Waals surface area (Å²) in [6.45, 7) is 5.10. The van der Waals surface area contributed by atoms with Gasteiger partial charge in [-0.3, -0.25) is 4.79 Å². The van der Waals surface area contributed by atoms with Gasteiger partial charge in [0.05, 0.1) is 34.6 Å². The number of thiol groups is 1. The van der Waals surface area contributed by atoms with Crippen molar-refractivity contribution in [3.05, 3.63) is 37.4 Å². The number of rotatable bonds is 9. The first-order chi connectivity index (χ1) is 13.1. The molecule has 0 bridgehead atoms. The summed E-state index contributed by atoms with van der Waals surface area (Å²) in [5.74, 6) is -0.469. The van der Waals surface area contributed by atoms with Crippen LogP contribution in [-0.4, -0.2) is 71.3 Å². The van der Waals surface area contributed by atoms with E-state index in [4.69, 9.17) is 5.11 Å². The van der Waals surface area contributed by atoms with E-state index < -0.39 is 12.0 Å². The van der Waals surface area contributed by atoms with Gasteiger partial charge in [0.25, 0.3) is 0 Å². The van der Waals surface area contributed by atoms with E-state index in [2.05, 4.69) is 59.5 Å². The summed E-state index contributed by atoms with van der Waals surface area (Å²) in [5, 5.41) is 11.5. The van der Waals surface area contributed by atoms with Crippen LogP contribution in [0.3, 0.4) is 0 Å². The summed E-state index contributed by atoms with van der Waals surface area (Å²) in [5.41, 5.74) is 0. The van der Waals surface area contributed by atoms with Crippen LogP contribution in [0.25, 0.3) is 0 Å². The minimum atomic E-state index is -0.818. The SMILES string of the molecule is BBBCC.CCCCCNC(CS)C(=O)O.c1c[nH]cn1.c1c[nH]cn1. The molecule has 0 amide bonds. The van der Waals surface area contributed by atoms with Crippen molar-refractivity contribution in [3.63, 3.8) is 0 Å². The van der Waals surface area contributed by atoms with E-state index >= 15 is 0 Å². The molecule has 0 fully saturated rings. The second-order valence-corrected chi connectivity index (χ2v) is 5.97. The maximum atomic E-state index is 10.5. The van der Waals surface area contributed by atoms with Gasteiger partial charge in [-0.2, -0.15) is 12.6 Å². The Balaban J connectivity index is 0. The monoisotopic (exact) mass is 393 g/mol. The zero-order valence-corrected chi connectivity index (χ0v) is 17.8. The van der Waals surface area contributed by atoms with E-state index in [-0.39, 0.29) is 0 Å². The van der Waals surface area contributed by atoms with Crippen molar-refractivity contribution < 1.29 is 9.90 Å². The molecule has 0 aliphatic carbocycles. The quantitative estimate of drug-likeness (QED) is 0.246. The molecule has 11 heteroatoms. The van der Waals surface area contributed by atoms with E-state index in [1.54, 1.807) is 37.4 Å². The van der Waals surface area contributed by atoms with E-state index in [0.717, 1.165) is 25.8 Å². The first kappa shape index (κ1) is 27.6. The van der Waals surface area contributed by atoms with E-state index in [9.17, 15) is 4.79 Å². The predicted octanol–water partition coefficient (Wildman–Crippen LogP) is 0.729. The summed E-state index contributed by atoms with van der Waals surface area (Å²) in [7, 11) is 4.94. The third kappa shape index (κ3) is 24.4. The summed E-state index contributed by atoms with van der Waals surface area (Å²) < 4.78 is 0. The number of imidazole rings is 2. The molecule has 2 aromatic rings. The summed E-state index contributed by atoms with van der Waals surface area (Å²) in [6, 6.07) is -0.495. The molecule has 27 heavy (non-hydrogen) atoms. The third-order valence-electron chi connectivity index (χ3n) is 3.17. The van der Waals surface area contributed by atoms with Gasteiger partial charge in [-0.25, -0.2) is 9.97 Å². The van der Waals surface area contributed by atoms with Crippen molar-refractivity contribution in [1.29, 1.82) is 0 Å². The van der Waals surface area contributed by atoms with Crippen LogP contribution >= 0.6 is 12.6 Å². The van der Waals surface area contributed by atoms with Gasteiger partial charge in [0.1, 0.15) is 6.04 Å². The Morgan fingerprint density at radius 1 is 1.22 bits per heavy atom. The van der Waals surface area contributed by atoms with Gasteiger partial charge in [0, 0.05) is 30.5 Å². The Morgan fingerprint density at radius 3 is 2.04 bits per heavy atom. The fraction of sp³-hybridized carbons (Fsp3) is 0.562. The molecule has 2 heterocycles. The Bertz CT molecular complexity index is 416. The molecule has 150 valence electrons. The largest absolute Gasteiger partial charge is 0.480 e. The predicted molar refractivity (Wildman–Crippen MR) is 123 cm³/mol. The van der Waals surface area contributed by atoms with Gasteiger partial charge in [-0.05, 0) is 13.0 Å². The van der Waals surface area contributed by atoms with Crippen LogP contribution in [-0.2, 0) is 4.79 Å². The fourth-order valence-electron chi connectivity index (χ4n) is 1.67. The minimum Gasteiger partial charge on any atom is -0.480 e. The molecule has 0 aliphatic heterocycles. The molecule has 0 aromatic carbocycles. The highest BCUT2D eigenvalue weighted by Gasteiger charge is 2.12. The maximum Gasteiger partial charge on any atom is 0.321 e. The van der Waals surface area contributed by atoms with Gasteiger partial charge in [-0.1, -0.05) is 33.0 Å². The van der Waals surface area contributed by atoms with Gasteiger partial charge in [-0.15, -0.1) is 0 Å². The molecule has 7 nitrogen and oxygen atoms in total. The zero-order chi connectivity index (χ0) is 20.6. The summed E-state index contributed by atoms with van der Waals surface area (Å²) >= 11 is 3.94. The molecule has 0 saturated carbocycles. The summed E-state index contributed by atoms with van der Waals surface area (Å²) in [6.07, 6.45) is 14.8. The number of aliphatic carboxylic acids is 1. The lowest BCUT2D eigenvalue weighted by Gasteiger charge is -2.10. The Hall–Kier alpha value is -1.61. The Morgan fingerprint density at radius 2 is 1.81 bits per heavy atom. The van der Waals surface area contributed by atoms with Crippen molar-refractivity contribution in [2.24, 2.45) is 0 Å². The van der Waals surface area contributed by atoms with Crippen LogP contribution < -0.4 is 5.32 Å². The second-order valence-electron chi connectivity index (χ2n) is 5.61. The third-order valence-corrected chi connectivity index (χ3v) is 3.54. The normalized spacial score (nSPS) is 9.89. The van der Waals surface area contributed by atoms with Crippen LogP contribution in [0.4, 0.5) is 0 Å². The van der Waals surface area contributed by atoms with Crippen LogP contribution in [0, 0.1) is 0 Å². The lowest BCUT2D eigenvalue weighted by Crippen LogP contribution is -2.38. The summed E-state index contributed by atoms with van der Waals surface area (Å²) in [4.78, 5) is 23.3. The van der Waals surface area contributed by atoms with Gasteiger partial charge >= 0.3 is 5.97 Å². The number of nitrogens with zero attached hydrogens (tertiary/aromatic N) is 2. The average Bonchev–Trinajstić information content (AvgIpc) is 3.41. The number of carboxylic acid groups (broad SMARTS) is 1. The van der Waals surface area contributed by atoms with Crippen molar-refractivity contribution in [1.82, 2.24) is 25.3 Å². The van der Waals surface area contributed by atoms with Gasteiger partial charge in [0.2, 0.25) is 0 Å². The highest BCUT2D eigenvalue weighted by atomic mass is 32.1. The molecule has 0 saturated heterocycles. The second kappa shape index (κ2) is 24.4. The highest BCUT2D eigenvalue weighted by molar-refractivity contribution is 7.80. The number of aromatic nitrogens is 4. The molecular formula is C16H34B3N5O2S. The minimum absolute atomic E-state index is 0.349. The Labute approximate surface area is 171 Å². The number of nitrogens with one attached hydrogen (secondary N) is 3. The molecule has 0 spiro atoms. The first-order valence-electron chi connectivity index (χ1n) is 9.56. The van der Waals surface area contributed by atoms with E-state index in [1.165, 1.54) is 20.6 Å². The lowest BCUT2D eigenvalue weighted by atomic mass is 9.27. The zero-order valence-electron chi connectivity index (χ0n) is 16.9. The van der Waals surface area contributed by atoms with Crippen molar-refractivity contribution in [2.75, 3.05) is 12.3 Å². The number of H-pyrrole nitrogens is 2. The highest BCUT2D eigenvalue weighted by Crippen LogP contribution is 1.93. The smallest absolute Gasteiger partial charge is 0.321 e. The van der Waals surface area contributed by atoms with Gasteiger partial charge in [0.15, 0.2) is 0 Å². The Kier molecular flexibility index (Phi) is 24.9. The molecule has 2 rings (SSSR count). The molecule has 0 radical (unpaired) electrons. The van der Waals surface area contributed by atoms with Crippen LogP contribution in [0.2, 0.25) is 6.32 Å². The number of carboxylic acids is 1. The van der Waals surface area contributed by atoms with Crippen molar-refractivity contribution in [3.8, 4) is 0 Å². The van der Waals surface area contributed by atoms with E-state index in [1.807, 2.05) is 0 Å². The van der Waals surface area contributed by atoms with Crippen molar-refractivity contribution in [2.45, 2.75) is 45.5 Å². The number of carbonyl (C=O) groups is 1. The van der Waals surface area contributed by atoms with E-state index in [0.29, 0.717) is 5.75 Å². The topological polar surface area (TPSA) is 107 Å². The molecular weight excluding hydrogens is 359 g/mol. The van der Waals surface area contributed by atoms with Crippen molar-refractivity contribution >= 4 is 40.6 Å². The molecule has 2 aromatic heterocycles. The number of hydrogen-bond donors (Lipinski definition) is 5. The lowest BCUT2D eigenvalue weighted by molar-refractivity contribution is -0.138. The van der Waals surface area contributed by atoms with Crippen LogP contribution in [0.1, 0.15) is 33.1 Å². The number of aromatic amines is 2. The molecule has 1 atom stereocenters. The number of unbranched alkanes of at least 4 members (excludes halogenated alkanes) is 2. The maximum absolute atomic E-state index is 10.5. The molecule has 1 unspecified atom stereocenters. The first-order valence-corrected chi connectivity index (χ1v) is 10.2. The average molecular weight is 393 g/mol. The molecule has 0 aliphatic rings. The standard InChI is InChI=1S/C8H17NO2S.2C3H4N2.C2H9B3/c1-2-3-4-5-9-7(6-12)8(10)11;2*1-2-5-3-4-1;1-2-4-5-3/h7,9,12H,2-6H2,1H3,(H,10,11);2*1-3H,(H,4,5);4-5H,2-3H2,1H3. The van der Waals surface area contributed by atoms with Crippen LogP contribution in [0.5, 0.6) is 0 Å². The molecule has 4 N–H and O–H groups in total. The number of hydrogen-bond acceptors (Lipinski definition) is 5. The fourth-order valence-corrected chi connectivity index (χ4v) is 1.95.